The van der Waals surface area contributed by atoms with Crippen molar-refractivity contribution >= 4 is 15.9 Å². The molecule has 1 amide bonds. The van der Waals surface area contributed by atoms with Crippen molar-refractivity contribution < 1.29 is 27.4 Å². The fraction of sp³-hybridized carbons (Fsp3) is 0.682. The first-order valence-electron chi connectivity index (χ1n) is 11.5. The number of amides is 1. The number of benzene rings is 1. The van der Waals surface area contributed by atoms with Gasteiger partial charge in [-0.3, -0.25) is 4.79 Å². The molecule has 1 aromatic carbocycles. The van der Waals surface area contributed by atoms with Gasteiger partial charge in [-0.1, -0.05) is 6.07 Å². The van der Waals surface area contributed by atoms with Crippen LogP contribution in [-0.4, -0.2) is 95.0 Å². The van der Waals surface area contributed by atoms with Crippen molar-refractivity contribution in [2.75, 3.05) is 71.4 Å². The van der Waals surface area contributed by atoms with Crippen molar-refractivity contribution in [3.63, 3.8) is 0 Å². The van der Waals surface area contributed by atoms with Crippen LogP contribution in [0.25, 0.3) is 0 Å². The molecule has 0 radical (unpaired) electrons. The second-order valence-electron chi connectivity index (χ2n) is 8.51. The zero-order chi connectivity index (χ0) is 22.4. The number of sulfonamides is 1. The minimum atomic E-state index is -3.19. The molecule has 0 atom stereocenters. The fourth-order valence-electron chi connectivity index (χ4n) is 4.42. The maximum absolute atomic E-state index is 12.7. The molecule has 3 heterocycles. The average molecular weight is 468 g/mol. The number of piperidine rings is 1. The van der Waals surface area contributed by atoms with Gasteiger partial charge in [-0.2, -0.15) is 4.31 Å². The third-order valence-corrected chi connectivity index (χ3v) is 8.27. The monoisotopic (exact) mass is 467 g/mol. The molecule has 2 fully saturated rings. The lowest BCUT2D eigenvalue weighted by molar-refractivity contribution is 0.0729. The number of morpholine rings is 1. The number of ether oxygens (including phenoxy) is 3. The van der Waals surface area contributed by atoms with Gasteiger partial charge in [-0.25, -0.2) is 8.42 Å². The molecule has 2 saturated heterocycles. The summed E-state index contributed by atoms with van der Waals surface area (Å²) in [4.78, 5) is 15.0. The highest BCUT2D eigenvalue weighted by molar-refractivity contribution is 7.89. The van der Waals surface area contributed by atoms with Gasteiger partial charge >= 0.3 is 0 Å². The molecule has 1 N–H and O–H groups in total. The van der Waals surface area contributed by atoms with Crippen molar-refractivity contribution in [2.45, 2.75) is 19.3 Å². The fourth-order valence-corrected chi connectivity index (χ4v) is 5.88. The van der Waals surface area contributed by atoms with Crippen LogP contribution < -0.4 is 14.8 Å². The molecule has 0 aliphatic carbocycles. The highest BCUT2D eigenvalue weighted by atomic mass is 32.2. The number of hydrogen-bond donors (Lipinski definition) is 1. The number of hydrogen-bond acceptors (Lipinski definition) is 7. The number of rotatable bonds is 8. The smallest absolute Gasteiger partial charge is 0.255 e. The van der Waals surface area contributed by atoms with E-state index in [1.807, 2.05) is 6.07 Å². The van der Waals surface area contributed by atoms with E-state index in [1.165, 1.54) is 0 Å². The molecular weight excluding hydrogens is 434 g/mol. The zero-order valence-corrected chi connectivity index (χ0v) is 19.3. The summed E-state index contributed by atoms with van der Waals surface area (Å²) in [7, 11) is -3.19. The summed E-state index contributed by atoms with van der Waals surface area (Å²) in [6, 6.07) is 5.38. The Balaban J connectivity index is 1.16. The van der Waals surface area contributed by atoms with E-state index in [1.54, 1.807) is 16.4 Å². The Hall–Kier alpha value is -1.88. The topological polar surface area (TPSA) is 97.4 Å². The van der Waals surface area contributed by atoms with Crippen LogP contribution in [0.15, 0.2) is 18.2 Å². The average Bonchev–Trinajstić information content (AvgIpc) is 2.83. The predicted octanol–water partition coefficient (Wildman–Crippen LogP) is 0.952. The van der Waals surface area contributed by atoms with Gasteiger partial charge in [0.25, 0.3) is 5.91 Å². The van der Waals surface area contributed by atoms with Crippen molar-refractivity contribution in [2.24, 2.45) is 5.92 Å². The van der Waals surface area contributed by atoms with Crippen LogP contribution in [-0.2, 0) is 14.8 Å². The quantitative estimate of drug-likeness (QED) is 0.608. The van der Waals surface area contributed by atoms with Crippen LogP contribution in [0.5, 0.6) is 11.5 Å². The number of carbonyl (C=O) groups excluding carboxylic acids is 1. The van der Waals surface area contributed by atoms with Crippen molar-refractivity contribution in [1.82, 2.24) is 14.5 Å². The van der Waals surface area contributed by atoms with E-state index < -0.39 is 10.0 Å². The molecule has 0 spiro atoms. The van der Waals surface area contributed by atoms with Gasteiger partial charge in [-0.15, -0.1) is 0 Å². The van der Waals surface area contributed by atoms with E-state index >= 15 is 0 Å². The van der Waals surface area contributed by atoms with Gasteiger partial charge in [0.2, 0.25) is 10.0 Å². The standard InChI is InChI=1S/C22H33N3O6S/c26-22(19-3-1-4-20-21(19)31-15-14-30-20)23-17-18-5-8-24(9-6-18)7-2-16-32(27,28)25-10-12-29-13-11-25/h1,3-4,18H,2,5-17H2,(H,23,26). The van der Waals surface area contributed by atoms with Crippen molar-refractivity contribution in [1.29, 1.82) is 0 Å². The van der Waals surface area contributed by atoms with E-state index in [0.717, 1.165) is 32.5 Å². The van der Waals surface area contributed by atoms with Gasteiger partial charge < -0.3 is 24.4 Å². The second kappa shape index (κ2) is 10.8. The molecule has 0 bridgehead atoms. The van der Waals surface area contributed by atoms with Gasteiger partial charge in [0, 0.05) is 19.6 Å². The second-order valence-corrected chi connectivity index (χ2v) is 10.6. The van der Waals surface area contributed by atoms with Crippen LogP contribution in [0.1, 0.15) is 29.6 Å². The molecule has 178 valence electrons. The highest BCUT2D eigenvalue weighted by Crippen LogP contribution is 2.33. The molecule has 3 aliphatic heterocycles. The predicted molar refractivity (Wildman–Crippen MR) is 120 cm³/mol. The lowest BCUT2D eigenvalue weighted by Crippen LogP contribution is -2.43. The molecule has 9 nitrogen and oxygen atoms in total. The maximum Gasteiger partial charge on any atom is 0.255 e. The maximum atomic E-state index is 12.7. The van der Waals surface area contributed by atoms with Crippen molar-refractivity contribution in [3.05, 3.63) is 23.8 Å². The van der Waals surface area contributed by atoms with Gasteiger partial charge in [0.05, 0.1) is 24.5 Å². The largest absolute Gasteiger partial charge is 0.486 e. The molecular formula is C22H33N3O6S. The van der Waals surface area contributed by atoms with Gasteiger partial charge in [-0.05, 0) is 56.9 Å². The summed E-state index contributed by atoms with van der Waals surface area (Å²) in [6.45, 7) is 6.10. The third kappa shape index (κ3) is 5.92. The number of likely N-dealkylation sites (tertiary alicyclic amines) is 1. The Kier molecular flexibility index (Phi) is 7.88. The van der Waals surface area contributed by atoms with E-state index in [0.29, 0.717) is 75.5 Å². The summed E-state index contributed by atoms with van der Waals surface area (Å²) in [6.07, 6.45) is 2.62. The minimum absolute atomic E-state index is 0.136. The van der Waals surface area contributed by atoms with E-state index in [-0.39, 0.29) is 11.7 Å². The Morgan fingerprint density at radius 1 is 1.03 bits per heavy atom. The molecule has 0 aromatic heterocycles. The first kappa shape index (κ1) is 23.3. The van der Waals surface area contributed by atoms with Gasteiger partial charge in [0.1, 0.15) is 13.2 Å². The number of fused-ring (bicyclic) bond motifs is 1. The summed E-state index contributed by atoms with van der Waals surface area (Å²) in [5.74, 6) is 1.62. The molecule has 1 aromatic rings. The molecule has 3 aliphatic rings. The zero-order valence-electron chi connectivity index (χ0n) is 18.5. The SMILES string of the molecule is O=C(NCC1CCN(CCCS(=O)(=O)N2CCOCC2)CC1)c1cccc2c1OCCO2. The molecule has 4 rings (SSSR count). The minimum Gasteiger partial charge on any atom is -0.486 e. The van der Waals surface area contributed by atoms with Crippen LogP contribution in [0.2, 0.25) is 0 Å². The normalized spacial score (nSPS) is 20.8. The Labute approximate surface area is 190 Å². The number of nitrogens with one attached hydrogen (secondary N) is 1. The highest BCUT2D eigenvalue weighted by Gasteiger charge is 2.26. The lowest BCUT2D eigenvalue weighted by Gasteiger charge is -2.32. The summed E-state index contributed by atoms with van der Waals surface area (Å²) < 4.78 is 42.8. The molecule has 32 heavy (non-hydrogen) atoms. The first-order valence-corrected chi connectivity index (χ1v) is 13.1. The Morgan fingerprint density at radius 3 is 2.56 bits per heavy atom. The third-order valence-electron chi connectivity index (χ3n) is 6.31. The summed E-state index contributed by atoms with van der Waals surface area (Å²) in [5.41, 5.74) is 0.515. The van der Waals surface area contributed by atoms with Crippen LogP contribution >= 0.6 is 0 Å². The lowest BCUT2D eigenvalue weighted by atomic mass is 9.96. The van der Waals surface area contributed by atoms with E-state index in [4.69, 9.17) is 14.2 Å². The van der Waals surface area contributed by atoms with Crippen LogP contribution in [0, 0.1) is 5.92 Å². The first-order chi connectivity index (χ1) is 15.5. The molecule has 0 saturated carbocycles. The number of carbonyl (C=O) groups is 1. The number of nitrogens with zero attached hydrogens (tertiary/aromatic N) is 2. The summed E-state index contributed by atoms with van der Waals surface area (Å²) >= 11 is 0. The van der Waals surface area contributed by atoms with Crippen LogP contribution in [0.4, 0.5) is 0 Å². The van der Waals surface area contributed by atoms with Crippen molar-refractivity contribution in [3.8, 4) is 11.5 Å². The summed E-state index contributed by atoms with van der Waals surface area (Å²) in [5, 5.41) is 3.04. The van der Waals surface area contributed by atoms with E-state index in [9.17, 15) is 13.2 Å². The number of para-hydroxylation sites is 1. The molecule has 0 unspecified atom stereocenters. The Morgan fingerprint density at radius 2 is 1.78 bits per heavy atom. The van der Waals surface area contributed by atoms with Crippen LogP contribution in [0.3, 0.4) is 0 Å². The van der Waals surface area contributed by atoms with Gasteiger partial charge in [0.15, 0.2) is 11.5 Å². The molecule has 10 heteroatoms. The van der Waals surface area contributed by atoms with E-state index in [2.05, 4.69) is 10.2 Å². The Bertz CT molecular complexity index is 880.